The van der Waals surface area contributed by atoms with Gasteiger partial charge in [0.25, 0.3) is 5.91 Å². The fraction of sp³-hybridized carbons (Fsp3) is 0.400. The SMILES string of the molecule is O=C(NC1CCCCC1)c1cncc(NCCc2ccc(F)cc2)c1. The Hall–Kier alpha value is -2.43. The second-order valence-corrected chi connectivity index (χ2v) is 6.57. The Morgan fingerprint density at radius 1 is 1.12 bits per heavy atom. The van der Waals surface area contributed by atoms with Crippen LogP contribution in [0.1, 0.15) is 48.0 Å². The number of hydrogen-bond acceptors (Lipinski definition) is 3. The minimum atomic E-state index is -0.224. The van der Waals surface area contributed by atoms with Gasteiger partial charge >= 0.3 is 0 Å². The third-order valence-electron chi connectivity index (χ3n) is 4.60. The highest BCUT2D eigenvalue weighted by Crippen LogP contribution is 2.18. The first-order valence-corrected chi connectivity index (χ1v) is 8.95. The summed E-state index contributed by atoms with van der Waals surface area (Å²) in [6.07, 6.45) is 9.86. The summed E-state index contributed by atoms with van der Waals surface area (Å²) < 4.78 is 12.9. The first-order valence-electron chi connectivity index (χ1n) is 8.95. The first-order chi connectivity index (χ1) is 12.2. The number of nitrogens with zero attached hydrogens (tertiary/aromatic N) is 1. The van der Waals surface area contributed by atoms with Gasteiger partial charge in [-0.3, -0.25) is 9.78 Å². The van der Waals surface area contributed by atoms with E-state index in [9.17, 15) is 9.18 Å². The third kappa shape index (κ3) is 5.28. The molecule has 132 valence electrons. The number of aromatic nitrogens is 1. The largest absolute Gasteiger partial charge is 0.383 e. The number of benzene rings is 1. The van der Waals surface area contributed by atoms with Crippen LogP contribution >= 0.6 is 0 Å². The number of hydrogen-bond donors (Lipinski definition) is 2. The summed E-state index contributed by atoms with van der Waals surface area (Å²) in [4.78, 5) is 16.5. The zero-order valence-electron chi connectivity index (χ0n) is 14.3. The Bertz CT molecular complexity index is 696. The molecule has 1 aliphatic carbocycles. The van der Waals surface area contributed by atoms with Crippen molar-refractivity contribution in [3.05, 3.63) is 59.7 Å². The van der Waals surface area contributed by atoms with Crippen LogP contribution in [-0.4, -0.2) is 23.5 Å². The Morgan fingerprint density at radius 2 is 1.88 bits per heavy atom. The lowest BCUT2D eigenvalue weighted by molar-refractivity contribution is 0.0927. The summed E-state index contributed by atoms with van der Waals surface area (Å²) in [5, 5.41) is 6.38. The normalized spacial score (nSPS) is 14.9. The van der Waals surface area contributed by atoms with E-state index >= 15 is 0 Å². The van der Waals surface area contributed by atoms with E-state index in [1.165, 1.54) is 31.4 Å². The predicted molar refractivity (Wildman–Crippen MR) is 97.2 cm³/mol. The number of rotatable bonds is 6. The topological polar surface area (TPSA) is 54.0 Å². The van der Waals surface area contributed by atoms with Crippen LogP contribution in [0.4, 0.5) is 10.1 Å². The van der Waals surface area contributed by atoms with Crippen molar-refractivity contribution >= 4 is 11.6 Å². The number of halogens is 1. The maximum Gasteiger partial charge on any atom is 0.253 e. The Morgan fingerprint density at radius 3 is 2.64 bits per heavy atom. The summed E-state index contributed by atoms with van der Waals surface area (Å²) in [5.41, 5.74) is 2.46. The van der Waals surface area contributed by atoms with Crippen LogP contribution in [0.3, 0.4) is 0 Å². The minimum Gasteiger partial charge on any atom is -0.383 e. The Kier molecular flexibility index (Phi) is 5.99. The quantitative estimate of drug-likeness (QED) is 0.837. The molecule has 1 heterocycles. The average molecular weight is 341 g/mol. The molecular weight excluding hydrogens is 317 g/mol. The van der Waals surface area contributed by atoms with Gasteiger partial charge in [-0.25, -0.2) is 4.39 Å². The molecule has 1 fully saturated rings. The van der Waals surface area contributed by atoms with Crippen molar-refractivity contribution in [1.29, 1.82) is 0 Å². The van der Waals surface area contributed by atoms with Crippen molar-refractivity contribution in [2.75, 3.05) is 11.9 Å². The molecule has 0 radical (unpaired) electrons. The average Bonchev–Trinajstić information content (AvgIpc) is 2.64. The first kappa shape index (κ1) is 17.4. The predicted octanol–water partition coefficient (Wildman–Crippen LogP) is 3.94. The molecule has 3 rings (SSSR count). The van der Waals surface area contributed by atoms with Gasteiger partial charge in [0, 0.05) is 25.0 Å². The number of pyridine rings is 1. The minimum absolute atomic E-state index is 0.0541. The lowest BCUT2D eigenvalue weighted by Gasteiger charge is -2.22. The summed E-state index contributed by atoms with van der Waals surface area (Å²) in [7, 11) is 0. The van der Waals surface area contributed by atoms with Gasteiger partial charge in [-0.15, -0.1) is 0 Å². The van der Waals surface area contributed by atoms with E-state index in [1.54, 1.807) is 24.5 Å². The second kappa shape index (κ2) is 8.60. The van der Waals surface area contributed by atoms with Gasteiger partial charge in [0.1, 0.15) is 5.82 Å². The maximum atomic E-state index is 12.9. The molecule has 1 aromatic carbocycles. The summed E-state index contributed by atoms with van der Waals surface area (Å²) >= 11 is 0. The summed E-state index contributed by atoms with van der Waals surface area (Å²) in [6, 6.07) is 8.61. The van der Waals surface area contributed by atoms with Gasteiger partial charge in [0.2, 0.25) is 0 Å². The molecule has 1 saturated carbocycles. The highest BCUT2D eigenvalue weighted by molar-refractivity contribution is 5.94. The highest BCUT2D eigenvalue weighted by atomic mass is 19.1. The van der Waals surface area contributed by atoms with E-state index in [0.717, 1.165) is 30.5 Å². The smallest absolute Gasteiger partial charge is 0.253 e. The van der Waals surface area contributed by atoms with Crippen LogP contribution in [0.25, 0.3) is 0 Å². The zero-order chi connectivity index (χ0) is 17.5. The molecule has 1 aliphatic rings. The zero-order valence-corrected chi connectivity index (χ0v) is 14.3. The molecule has 0 atom stereocenters. The van der Waals surface area contributed by atoms with Crippen molar-refractivity contribution in [3.8, 4) is 0 Å². The second-order valence-electron chi connectivity index (χ2n) is 6.57. The van der Waals surface area contributed by atoms with E-state index in [2.05, 4.69) is 15.6 Å². The maximum absolute atomic E-state index is 12.9. The number of amides is 1. The number of carbonyl (C=O) groups excluding carboxylic acids is 1. The van der Waals surface area contributed by atoms with Gasteiger partial charge in [0.15, 0.2) is 0 Å². The van der Waals surface area contributed by atoms with Gasteiger partial charge < -0.3 is 10.6 Å². The van der Waals surface area contributed by atoms with E-state index in [4.69, 9.17) is 0 Å². The molecule has 0 saturated heterocycles. The highest BCUT2D eigenvalue weighted by Gasteiger charge is 2.16. The fourth-order valence-electron chi connectivity index (χ4n) is 3.18. The summed E-state index contributed by atoms with van der Waals surface area (Å²) in [5.74, 6) is -0.279. The molecular formula is C20H24FN3O. The molecule has 0 aliphatic heterocycles. The molecule has 1 aromatic heterocycles. The number of nitrogens with one attached hydrogen (secondary N) is 2. The molecule has 0 spiro atoms. The van der Waals surface area contributed by atoms with E-state index in [0.29, 0.717) is 12.1 Å². The van der Waals surface area contributed by atoms with Gasteiger partial charge in [-0.1, -0.05) is 31.4 Å². The molecule has 0 unspecified atom stereocenters. The van der Waals surface area contributed by atoms with Crippen molar-refractivity contribution in [1.82, 2.24) is 10.3 Å². The van der Waals surface area contributed by atoms with Crippen LogP contribution in [0.15, 0.2) is 42.7 Å². The molecule has 1 amide bonds. The number of anilines is 1. The van der Waals surface area contributed by atoms with Gasteiger partial charge in [-0.2, -0.15) is 0 Å². The molecule has 0 bridgehead atoms. The van der Waals surface area contributed by atoms with Crippen LogP contribution in [0, 0.1) is 5.82 Å². The van der Waals surface area contributed by atoms with Crippen LogP contribution in [0.2, 0.25) is 0 Å². The van der Waals surface area contributed by atoms with Crippen LogP contribution in [0.5, 0.6) is 0 Å². The number of carbonyl (C=O) groups is 1. The molecule has 2 N–H and O–H groups in total. The standard InChI is InChI=1S/C20H24FN3O/c21-17-8-6-15(7-9-17)10-11-23-19-12-16(13-22-14-19)20(25)24-18-4-2-1-3-5-18/h6-9,12-14,18,23H,1-5,10-11H2,(H,24,25). The monoisotopic (exact) mass is 341 g/mol. The molecule has 2 aromatic rings. The molecule has 5 heteroatoms. The fourth-order valence-corrected chi connectivity index (χ4v) is 3.18. The van der Waals surface area contributed by atoms with E-state index in [1.807, 2.05) is 6.07 Å². The lowest BCUT2D eigenvalue weighted by atomic mass is 9.95. The Balaban J connectivity index is 1.51. The molecule has 4 nitrogen and oxygen atoms in total. The Labute approximate surface area is 147 Å². The summed E-state index contributed by atoms with van der Waals surface area (Å²) in [6.45, 7) is 0.695. The van der Waals surface area contributed by atoms with Crippen molar-refractivity contribution in [3.63, 3.8) is 0 Å². The van der Waals surface area contributed by atoms with Crippen LogP contribution in [-0.2, 0) is 6.42 Å². The van der Waals surface area contributed by atoms with Crippen molar-refractivity contribution < 1.29 is 9.18 Å². The third-order valence-corrected chi connectivity index (χ3v) is 4.60. The van der Waals surface area contributed by atoms with Crippen molar-refractivity contribution in [2.45, 2.75) is 44.6 Å². The van der Waals surface area contributed by atoms with E-state index in [-0.39, 0.29) is 17.8 Å². The van der Waals surface area contributed by atoms with Crippen molar-refractivity contribution in [2.24, 2.45) is 0 Å². The lowest BCUT2D eigenvalue weighted by Crippen LogP contribution is -2.36. The van der Waals surface area contributed by atoms with E-state index < -0.39 is 0 Å². The van der Waals surface area contributed by atoms with Gasteiger partial charge in [-0.05, 0) is 43.0 Å². The van der Waals surface area contributed by atoms with Crippen LogP contribution < -0.4 is 10.6 Å². The van der Waals surface area contributed by atoms with Gasteiger partial charge in [0.05, 0.1) is 11.3 Å². The molecule has 25 heavy (non-hydrogen) atoms.